The first kappa shape index (κ1) is 11.0. The number of epoxide rings is 1. The van der Waals surface area contributed by atoms with Crippen LogP contribution in [0.4, 0.5) is 0 Å². The van der Waals surface area contributed by atoms with E-state index in [0.717, 1.165) is 12.8 Å². The molecular formula is C15H20O3. The van der Waals surface area contributed by atoms with E-state index in [9.17, 15) is 4.79 Å². The highest BCUT2D eigenvalue weighted by molar-refractivity contribution is 5.75. The van der Waals surface area contributed by atoms with Crippen molar-refractivity contribution in [2.75, 3.05) is 0 Å². The monoisotopic (exact) mass is 248 g/mol. The molecule has 0 radical (unpaired) electrons. The van der Waals surface area contributed by atoms with Crippen LogP contribution in [0.25, 0.3) is 0 Å². The van der Waals surface area contributed by atoms with Crippen LogP contribution in [0.5, 0.6) is 0 Å². The first-order chi connectivity index (χ1) is 8.51. The zero-order valence-corrected chi connectivity index (χ0v) is 11.2. The van der Waals surface area contributed by atoms with E-state index in [-0.39, 0.29) is 23.6 Å². The fourth-order valence-electron chi connectivity index (χ4n) is 4.61. The molecule has 0 aromatic heterocycles. The van der Waals surface area contributed by atoms with Crippen molar-refractivity contribution >= 4 is 5.97 Å². The highest BCUT2D eigenvalue weighted by atomic mass is 16.6. The SMILES string of the molecule is CC1=CCC2[C@@H]1[C@H]1OC(=O)[C@@H](C)[C@@H]1C[C@]1(C)O[C@H]21. The fraction of sp³-hybridized carbons (Fsp3) is 0.800. The Balaban J connectivity index is 1.76. The van der Waals surface area contributed by atoms with Gasteiger partial charge in [0, 0.05) is 17.8 Å². The standard InChI is InChI=1S/C15H20O3/c1-7-4-5-9-11(7)12-10(8(2)14(16)17-12)6-15(3)13(9)18-15/h4,8-13H,5-6H2,1-3H3/t8-,9?,10-,11+,12-,13+,15-/m0/s1. The van der Waals surface area contributed by atoms with Crippen molar-refractivity contribution in [2.24, 2.45) is 23.7 Å². The Labute approximate surface area is 108 Å². The van der Waals surface area contributed by atoms with Crippen molar-refractivity contribution < 1.29 is 14.3 Å². The number of hydrogen-bond acceptors (Lipinski definition) is 3. The molecule has 2 heterocycles. The summed E-state index contributed by atoms with van der Waals surface area (Å²) in [6.45, 7) is 6.41. The fourth-order valence-corrected chi connectivity index (χ4v) is 4.61. The molecule has 7 atom stereocenters. The number of ether oxygens (including phenoxy) is 2. The van der Waals surface area contributed by atoms with Crippen LogP contribution in [-0.2, 0) is 14.3 Å². The molecule has 2 saturated heterocycles. The number of allylic oxidation sites excluding steroid dienone is 1. The minimum Gasteiger partial charge on any atom is -0.461 e. The number of esters is 1. The van der Waals surface area contributed by atoms with Crippen LogP contribution in [0.1, 0.15) is 33.6 Å². The summed E-state index contributed by atoms with van der Waals surface area (Å²) in [5.74, 6) is 1.29. The van der Waals surface area contributed by atoms with Gasteiger partial charge in [-0.2, -0.15) is 0 Å². The molecule has 18 heavy (non-hydrogen) atoms. The van der Waals surface area contributed by atoms with E-state index in [2.05, 4.69) is 19.9 Å². The largest absolute Gasteiger partial charge is 0.461 e. The summed E-state index contributed by atoms with van der Waals surface area (Å²) in [7, 11) is 0. The van der Waals surface area contributed by atoms with Gasteiger partial charge in [0.25, 0.3) is 0 Å². The lowest BCUT2D eigenvalue weighted by molar-refractivity contribution is -0.145. The highest BCUT2D eigenvalue weighted by Crippen LogP contribution is 2.59. The van der Waals surface area contributed by atoms with Crippen molar-refractivity contribution in [1.29, 1.82) is 0 Å². The lowest BCUT2D eigenvalue weighted by Crippen LogP contribution is -2.32. The van der Waals surface area contributed by atoms with Gasteiger partial charge in [-0.15, -0.1) is 0 Å². The molecule has 3 fully saturated rings. The first-order valence-corrected chi connectivity index (χ1v) is 7.06. The highest BCUT2D eigenvalue weighted by Gasteiger charge is 2.66. The molecule has 0 N–H and O–H groups in total. The maximum atomic E-state index is 11.9. The van der Waals surface area contributed by atoms with Crippen molar-refractivity contribution in [3.63, 3.8) is 0 Å². The molecule has 0 spiro atoms. The second-order valence-corrected chi connectivity index (χ2v) is 6.78. The smallest absolute Gasteiger partial charge is 0.309 e. The van der Waals surface area contributed by atoms with Crippen molar-refractivity contribution in [3.8, 4) is 0 Å². The van der Waals surface area contributed by atoms with E-state index in [0.29, 0.717) is 23.9 Å². The van der Waals surface area contributed by atoms with Crippen LogP contribution < -0.4 is 0 Å². The number of fused-ring (bicyclic) bond motifs is 5. The zero-order chi connectivity index (χ0) is 12.7. The van der Waals surface area contributed by atoms with Gasteiger partial charge in [-0.1, -0.05) is 18.6 Å². The predicted octanol–water partition coefficient (Wildman–Crippen LogP) is 2.31. The third-order valence-electron chi connectivity index (χ3n) is 5.71. The molecule has 1 unspecified atom stereocenters. The number of rotatable bonds is 0. The average molecular weight is 248 g/mol. The van der Waals surface area contributed by atoms with Crippen LogP contribution in [0.15, 0.2) is 11.6 Å². The van der Waals surface area contributed by atoms with Crippen LogP contribution in [-0.4, -0.2) is 23.8 Å². The van der Waals surface area contributed by atoms with Gasteiger partial charge >= 0.3 is 5.97 Å². The summed E-state index contributed by atoms with van der Waals surface area (Å²) in [5, 5.41) is 0. The van der Waals surface area contributed by atoms with Crippen LogP contribution >= 0.6 is 0 Å². The molecule has 2 aliphatic carbocycles. The minimum atomic E-state index is -0.00819. The van der Waals surface area contributed by atoms with Crippen LogP contribution in [0, 0.1) is 23.7 Å². The van der Waals surface area contributed by atoms with E-state index < -0.39 is 0 Å². The van der Waals surface area contributed by atoms with Crippen LogP contribution in [0.3, 0.4) is 0 Å². The van der Waals surface area contributed by atoms with Crippen molar-refractivity contribution in [2.45, 2.75) is 51.4 Å². The zero-order valence-electron chi connectivity index (χ0n) is 11.2. The summed E-state index contributed by atoms with van der Waals surface area (Å²) < 4.78 is 11.7. The van der Waals surface area contributed by atoms with Gasteiger partial charge in [0.05, 0.1) is 17.6 Å². The Morgan fingerprint density at radius 2 is 2.17 bits per heavy atom. The van der Waals surface area contributed by atoms with E-state index in [1.165, 1.54) is 5.57 Å². The Bertz CT molecular complexity index is 455. The number of carbonyl (C=O) groups excluding carboxylic acids is 1. The molecule has 3 nitrogen and oxygen atoms in total. The minimum absolute atomic E-state index is 0.00301. The normalized spacial score (nSPS) is 57.1. The van der Waals surface area contributed by atoms with E-state index in [1.54, 1.807) is 0 Å². The summed E-state index contributed by atoms with van der Waals surface area (Å²) in [4.78, 5) is 11.9. The van der Waals surface area contributed by atoms with Gasteiger partial charge in [0.1, 0.15) is 6.10 Å². The molecule has 2 aliphatic heterocycles. The summed E-state index contributed by atoms with van der Waals surface area (Å²) >= 11 is 0. The molecule has 3 heteroatoms. The van der Waals surface area contributed by atoms with Gasteiger partial charge in [0.15, 0.2) is 0 Å². The van der Waals surface area contributed by atoms with Gasteiger partial charge in [-0.05, 0) is 26.7 Å². The summed E-state index contributed by atoms with van der Waals surface area (Å²) in [6, 6.07) is 0. The molecule has 4 rings (SSSR count). The first-order valence-electron chi connectivity index (χ1n) is 7.06. The maximum Gasteiger partial charge on any atom is 0.309 e. The number of hydrogen-bond donors (Lipinski definition) is 0. The van der Waals surface area contributed by atoms with Gasteiger partial charge in [-0.25, -0.2) is 0 Å². The average Bonchev–Trinajstić information content (AvgIpc) is 2.75. The molecule has 1 saturated carbocycles. The molecule has 0 bridgehead atoms. The van der Waals surface area contributed by atoms with E-state index in [1.807, 2.05) is 6.92 Å². The Morgan fingerprint density at radius 1 is 1.39 bits per heavy atom. The molecule has 98 valence electrons. The van der Waals surface area contributed by atoms with Gasteiger partial charge in [-0.3, -0.25) is 4.79 Å². The Hall–Kier alpha value is -0.830. The van der Waals surface area contributed by atoms with Gasteiger partial charge < -0.3 is 9.47 Å². The number of carbonyl (C=O) groups is 1. The third-order valence-corrected chi connectivity index (χ3v) is 5.71. The lowest BCUT2D eigenvalue weighted by atomic mass is 9.79. The van der Waals surface area contributed by atoms with E-state index in [4.69, 9.17) is 9.47 Å². The molecule has 0 aromatic carbocycles. The molecule has 0 amide bonds. The summed E-state index contributed by atoms with van der Waals surface area (Å²) in [6.07, 6.45) is 4.87. The molecular weight excluding hydrogens is 228 g/mol. The lowest BCUT2D eigenvalue weighted by Gasteiger charge is -2.28. The molecule has 4 aliphatic rings. The topological polar surface area (TPSA) is 38.8 Å². The van der Waals surface area contributed by atoms with Crippen LogP contribution in [0.2, 0.25) is 0 Å². The summed E-state index contributed by atoms with van der Waals surface area (Å²) in [5.41, 5.74) is 1.40. The molecule has 0 aromatic rings. The van der Waals surface area contributed by atoms with Crippen molar-refractivity contribution in [3.05, 3.63) is 11.6 Å². The van der Waals surface area contributed by atoms with E-state index >= 15 is 0 Å². The van der Waals surface area contributed by atoms with Gasteiger partial charge in [0.2, 0.25) is 0 Å². The quantitative estimate of drug-likeness (QED) is 0.375. The second kappa shape index (κ2) is 3.19. The Morgan fingerprint density at radius 3 is 2.94 bits per heavy atom. The Kier molecular flexibility index (Phi) is 1.95. The maximum absolute atomic E-state index is 11.9. The second-order valence-electron chi connectivity index (χ2n) is 6.78. The third kappa shape index (κ3) is 1.21. The predicted molar refractivity (Wildman–Crippen MR) is 65.8 cm³/mol. The van der Waals surface area contributed by atoms with Crippen molar-refractivity contribution in [1.82, 2.24) is 0 Å².